The molecule has 0 aliphatic heterocycles. The van der Waals surface area contributed by atoms with Gasteiger partial charge < -0.3 is 11.1 Å². The number of nitrogens with two attached hydrogens (primary N) is 1. The zero-order valence-corrected chi connectivity index (χ0v) is 9.35. The summed E-state index contributed by atoms with van der Waals surface area (Å²) in [6.07, 6.45) is -4.63. The molecule has 0 unspecified atom stereocenters. The van der Waals surface area contributed by atoms with E-state index in [1.54, 1.807) is 0 Å². The van der Waals surface area contributed by atoms with Crippen molar-refractivity contribution in [2.45, 2.75) is 19.1 Å². The lowest BCUT2D eigenvalue weighted by atomic mass is 10.1. The van der Waals surface area contributed by atoms with Crippen LogP contribution in [-0.4, -0.2) is 12.5 Å². The van der Waals surface area contributed by atoms with E-state index in [-0.39, 0.29) is 25.1 Å². The minimum absolute atomic E-state index is 0.0303. The zero-order chi connectivity index (χ0) is 13.8. The quantitative estimate of drug-likeness (QED) is 0.815. The number of hydrogen-bond donors (Lipinski definition) is 2. The Kier molecular flexibility index (Phi) is 4.66. The molecule has 0 aliphatic rings. The van der Waals surface area contributed by atoms with Crippen molar-refractivity contribution in [3.63, 3.8) is 0 Å². The first-order chi connectivity index (χ1) is 8.34. The molecule has 0 fully saturated rings. The molecule has 1 amide bonds. The molecule has 0 aromatic heterocycles. The van der Waals surface area contributed by atoms with E-state index in [2.05, 4.69) is 5.32 Å². The molecular formula is C11H12F4N2O. The van der Waals surface area contributed by atoms with Crippen molar-refractivity contribution >= 4 is 5.91 Å². The smallest absolute Gasteiger partial charge is 0.352 e. The third kappa shape index (κ3) is 3.99. The first-order valence-corrected chi connectivity index (χ1v) is 5.17. The van der Waals surface area contributed by atoms with Crippen molar-refractivity contribution in [1.82, 2.24) is 5.32 Å². The number of hydrogen-bond acceptors (Lipinski definition) is 2. The molecule has 1 aromatic carbocycles. The van der Waals surface area contributed by atoms with Gasteiger partial charge in [0.25, 0.3) is 0 Å². The molecule has 18 heavy (non-hydrogen) atoms. The van der Waals surface area contributed by atoms with E-state index in [9.17, 15) is 22.4 Å². The number of nitrogens with one attached hydrogen (secondary N) is 1. The van der Waals surface area contributed by atoms with E-state index < -0.39 is 23.5 Å². The highest BCUT2D eigenvalue weighted by Crippen LogP contribution is 2.32. The number of rotatable bonds is 4. The van der Waals surface area contributed by atoms with Crippen molar-refractivity contribution in [2.75, 3.05) is 6.54 Å². The van der Waals surface area contributed by atoms with E-state index in [1.807, 2.05) is 0 Å². The summed E-state index contributed by atoms with van der Waals surface area (Å²) >= 11 is 0. The standard InChI is InChI=1S/C11H12F4N2O/c12-8-2-1-7(6-17-10(18)3-4-16)9(5-8)11(13,14)15/h1-2,5H,3-4,6,16H2,(H,17,18). The highest BCUT2D eigenvalue weighted by Gasteiger charge is 2.33. The molecule has 0 atom stereocenters. The van der Waals surface area contributed by atoms with Gasteiger partial charge in [-0.2, -0.15) is 13.2 Å². The second kappa shape index (κ2) is 5.81. The molecule has 0 radical (unpaired) electrons. The fourth-order valence-corrected chi connectivity index (χ4v) is 1.38. The van der Waals surface area contributed by atoms with Gasteiger partial charge in [-0.25, -0.2) is 4.39 Å². The largest absolute Gasteiger partial charge is 0.416 e. The lowest BCUT2D eigenvalue weighted by molar-refractivity contribution is -0.138. The second-order valence-corrected chi connectivity index (χ2v) is 3.61. The topological polar surface area (TPSA) is 55.1 Å². The van der Waals surface area contributed by atoms with E-state index in [0.29, 0.717) is 6.07 Å². The van der Waals surface area contributed by atoms with Crippen LogP contribution >= 0.6 is 0 Å². The van der Waals surface area contributed by atoms with Crippen molar-refractivity contribution in [2.24, 2.45) is 5.73 Å². The Labute approximate surface area is 101 Å². The average Bonchev–Trinajstić information content (AvgIpc) is 2.26. The van der Waals surface area contributed by atoms with Crippen LogP contribution in [0.4, 0.5) is 17.6 Å². The van der Waals surface area contributed by atoms with Crippen molar-refractivity contribution in [3.05, 3.63) is 35.1 Å². The predicted molar refractivity (Wildman–Crippen MR) is 56.9 cm³/mol. The molecule has 0 heterocycles. The SMILES string of the molecule is NCCC(=O)NCc1ccc(F)cc1C(F)(F)F. The minimum Gasteiger partial charge on any atom is -0.352 e. The van der Waals surface area contributed by atoms with Crippen LogP contribution in [0.25, 0.3) is 0 Å². The fraction of sp³-hybridized carbons (Fsp3) is 0.364. The van der Waals surface area contributed by atoms with Gasteiger partial charge in [-0.05, 0) is 17.7 Å². The zero-order valence-electron chi connectivity index (χ0n) is 9.35. The van der Waals surface area contributed by atoms with Crippen LogP contribution in [-0.2, 0) is 17.5 Å². The van der Waals surface area contributed by atoms with Crippen LogP contribution in [0.2, 0.25) is 0 Å². The highest BCUT2D eigenvalue weighted by atomic mass is 19.4. The molecule has 100 valence electrons. The monoisotopic (exact) mass is 264 g/mol. The normalized spacial score (nSPS) is 11.4. The van der Waals surface area contributed by atoms with E-state index >= 15 is 0 Å². The van der Waals surface area contributed by atoms with Gasteiger partial charge in [0.05, 0.1) is 5.56 Å². The lowest BCUT2D eigenvalue weighted by Gasteiger charge is -2.13. The van der Waals surface area contributed by atoms with Crippen molar-refractivity contribution in [1.29, 1.82) is 0 Å². The maximum atomic E-state index is 12.8. The summed E-state index contributed by atoms with van der Waals surface area (Å²) < 4.78 is 50.6. The minimum atomic E-state index is -4.66. The van der Waals surface area contributed by atoms with Gasteiger partial charge in [-0.3, -0.25) is 4.79 Å². The van der Waals surface area contributed by atoms with Crippen molar-refractivity contribution < 1.29 is 22.4 Å². The molecule has 1 rings (SSSR count). The van der Waals surface area contributed by atoms with Crippen LogP contribution in [0, 0.1) is 5.82 Å². The molecule has 0 bridgehead atoms. The summed E-state index contributed by atoms with van der Waals surface area (Å²) in [5.41, 5.74) is 3.85. The van der Waals surface area contributed by atoms with E-state index in [1.165, 1.54) is 0 Å². The first-order valence-electron chi connectivity index (χ1n) is 5.17. The Morgan fingerprint density at radius 1 is 1.33 bits per heavy atom. The van der Waals surface area contributed by atoms with Gasteiger partial charge >= 0.3 is 6.18 Å². The summed E-state index contributed by atoms with van der Waals surface area (Å²) in [7, 11) is 0. The van der Waals surface area contributed by atoms with Gasteiger partial charge in [0.1, 0.15) is 5.82 Å². The first kappa shape index (κ1) is 14.4. The number of halogens is 4. The molecule has 1 aromatic rings. The molecule has 3 N–H and O–H groups in total. The Morgan fingerprint density at radius 2 is 2.00 bits per heavy atom. The molecule has 0 saturated heterocycles. The average molecular weight is 264 g/mol. The Hall–Kier alpha value is -1.63. The van der Waals surface area contributed by atoms with Gasteiger partial charge in [0.2, 0.25) is 5.91 Å². The molecule has 7 heteroatoms. The lowest BCUT2D eigenvalue weighted by Crippen LogP contribution is -2.26. The Balaban J connectivity index is 2.85. The summed E-state index contributed by atoms with van der Waals surface area (Å²) in [6, 6.07) is 2.32. The summed E-state index contributed by atoms with van der Waals surface area (Å²) in [5, 5.41) is 2.29. The van der Waals surface area contributed by atoms with E-state index in [4.69, 9.17) is 5.73 Å². The van der Waals surface area contributed by atoms with Crippen LogP contribution in [0.3, 0.4) is 0 Å². The Bertz CT molecular complexity index is 432. The summed E-state index contributed by atoms with van der Waals surface area (Å²) in [6.45, 7) is -0.199. The Morgan fingerprint density at radius 3 is 2.56 bits per heavy atom. The molecular weight excluding hydrogens is 252 g/mol. The number of carbonyl (C=O) groups excluding carboxylic acids is 1. The molecule has 0 spiro atoms. The third-order valence-corrected chi connectivity index (χ3v) is 2.22. The fourth-order valence-electron chi connectivity index (χ4n) is 1.38. The van der Waals surface area contributed by atoms with Crippen molar-refractivity contribution in [3.8, 4) is 0 Å². The van der Waals surface area contributed by atoms with E-state index in [0.717, 1.165) is 12.1 Å². The van der Waals surface area contributed by atoms with Gasteiger partial charge in [0.15, 0.2) is 0 Å². The van der Waals surface area contributed by atoms with Crippen LogP contribution in [0.15, 0.2) is 18.2 Å². The summed E-state index contributed by atoms with van der Waals surface area (Å²) in [4.78, 5) is 11.1. The molecule has 0 saturated carbocycles. The van der Waals surface area contributed by atoms with Gasteiger partial charge in [-0.15, -0.1) is 0 Å². The number of alkyl halides is 3. The van der Waals surface area contributed by atoms with Crippen LogP contribution in [0.5, 0.6) is 0 Å². The number of benzene rings is 1. The second-order valence-electron chi connectivity index (χ2n) is 3.61. The predicted octanol–water partition coefficient (Wildman–Crippen LogP) is 1.81. The third-order valence-electron chi connectivity index (χ3n) is 2.22. The van der Waals surface area contributed by atoms with Gasteiger partial charge in [0, 0.05) is 19.5 Å². The van der Waals surface area contributed by atoms with Gasteiger partial charge in [-0.1, -0.05) is 6.07 Å². The van der Waals surface area contributed by atoms with Crippen LogP contribution in [0.1, 0.15) is 17.5 Å². The molecule has 0 aliphatic carbocycles. The van der Waals surface area contributed by atoms with Crippen LogP contribution < -0.4 is 11.1 Å². The molecule has 3 nitrogen and oxygen atoms in total. The number of amides is 1. The highest BCUT2D eigenvalue weighted by molar-refractivity contribution is 5.76. The summed E-state index contributed by atoms with van der Waals surface area (Å²) in [5.74, 6) is -1.42. The maximum Gasteiger partial charge on any atom is 0.416 e. The maximum absolute atomic E-state index is 12.8. The number of carbonyl (C=O) groups is 1.